The molecule has 0 N–H and O–H groups in total. The Morgan fingerprint density at radius 2 is 1.83 bits per heavy atom. The number of halogens is 1. The van der Waals surface area contributed by atoms with E-state index < -0.39 is 28.2 Å². The van der Waals surface area contributed by atoms with Gasteiger partial charge in [0.15, 0.2) is 5.78 Å². The molecule has 1 heterocycles. The Balaban J connectivity index is 2.57. The van der Waals surface area contributed by atoms with Crippen LogP contribution in [0, 0.1) is 0 Å². The van der Waals surface area contributed by atoms with Crippen molar-refractivity contribution < 1.29 is 22.7 Å². The van der Waals surface area contributed by atoms with Gasteiger partial charge < -0.3 is 14.5 Å². The van der Waals surface area contributed by atoms with Gasteiger partial charge in [-0.05, 0) is 30.7 Å². The van der Waals surface area contributed by atoms with Crippen LogP contribution in [0.3, 0.4) is 0 Å². The summed E-state index contributed by atoms with van der Waals surface area (Å²) >= 11 is 5.92. The molecule has 1 fully saturated rings. The molecule has 0 aliphatic carbocycles. The van der Waals surface area contributed by atoms with Crippen molar-refractivity contribution in [3.05, 3.63) is 41.1 Å². The Bertz CT molecular complexity index is 913. The van der Waals surface area contributed by atoms with E-state index >= 15 is 0 Å². The number of piperidine rings is 1. The predicted octanol–water partition coefficient (Wildman–Crippen LogP) is 2.59. The van der Waals surface area contributed by atoms with Crippen LogP contribution in [0.4, 0.5) is 4.79 Å². The van der Waals surface area contributed by atoms with Gasteiger partial charge in [-0.15, -0.1) is 0 Å². The number of nitrogens with zero attached hydrogens (tertiary/aromatic N) is 3. The summed E-state index contributed by atoms with van der Waals surface area (Å²) in [6.45, 7) is 1.55. The van der Waals surface area contributed by atoms with E-state index in [-0.39, 0.29) is 29.3 Å². The van der Waals surface area contributed by atoms with E-state index in [1.54, 1.807) is 25.2 Å². The van der Waals surface area contributed by atoms with Crippen molar-refractivity contribution >= 4 is 33.5 Å². The first-order valence-electron chi connectivity index (χ1n) is 9.53. The van der Waals surface area contributed by atoms with Crippen LogP contribution in [-0.4, -0.2) is 81.3 Å². The fourth-order valence-electron chi connectivity index (χ4n) is 3.29. The number of sulfonamides is 1. The fraction of sp³-hybridized carbons (Fsp3) is 0.500. The second-order valence-electron chi connectivity index (χ2n) is 7.51. The van der Waals surface area contributed by atoms with Crippen molar-refractivity contribution in [2.24, 2.45) is 0 Å². The molecule has 1 saturated heterocycles. The fourth-order valence-corrected chi connectivity index (χ4v) is 5.27. The number of ketones is 1. The van der Waals surface area contributed by atoms with Gasteiger partial charge in [-0.1, -0.05) is 18.5 Å². The Morgan fingerprint density at radius 3 is 2.33 bits per heavy atom. The van der Waals surface area contributed by atoms with Crippen LogP contribution >= 0.6 is 11.6 Å². The lowest BCUT2D eigenvalue weighted by Gasteiger charge is -2.41. The van der Waals surface area contributed by atoms with Gasteiger partial charge in [-0.3, -0.25) is 4.79 Å². The second kappa shape index (κ2) is 9.80. The summed E-state index contributed by atoms with van der Waals surface area (Å²) in [5, 5.41) is 0.416. The first kappa shape index (κ1) is 24.2. The summed E-state index contributed by atoms with van der Waals surface area (Å²) < 4.78 is 33.8. The normalized spacial score (nSPS) is 21.5. The maximum atomic E-state index is 13.6. The molecule has 1 aliphatic rings. The monoisotopic (exact) mass is 457 g/mol. The molecule has 0 radical (unpaired) electrons. The highest BCUT2D eigenvalue weighted by Crippen LogP contribution is 2.33. The molecule has 30 heavy (non-hydrogen) atoms. The molecule has 1 aliphatic heterocycles. The highest BCUT2D eigenvalue weighted by molar-refractivity contribution is 7.89. The van der Waals surface area contributed by atoms with E-state index in [2.05, 4.69) is 0 Å². The molecule has 1 aromatic carbocycles. The first-order chi connectivity index (χ1) is 14.0. The van der Waals surface area contributed by atoms with E-state index in [9.17, 15) is 18.0 Å². The van der Waals surface area contributed by atoms with Crippen LogP contribution in [0.25, 0.3) is 0 Å². The summed E-state index contributed by atoms with van der Waals surface area (Å²) in [7, 11) is 2.55. The molecule has 2 atom stereocenters. The Hall–Kier alpha value is -2.10. The Kier molecular flexibility index (Phi) is 7.90. The van der Waals surface area contributed by atoms with Gasteiger partial charge in [0.1, 0.15) is 6.61 Å². The van der Waals surface area contributed by atoms with Crippen molar-refractivity contribution in [3.63, 3.8) is 0 Å². The number of carbonyl (C=O) groups is 2. The third-order valence-electron chi connectivity index (χ3n) is 4.76. The van der Waals surface area contributed by atoms with Crippen molar-refractivity contribution in [1.29, 1.82) is 0 Å². The Labute approximate surface area is 183 Å². The number of Topliss-reactive ketones (excluding diaryl/α,β-unsaturated/α-hetero) is 1. The van der Waals surface area contributed by atoms with Crippen LogP contribution in [0.15, 0.2) is 40.9 Å². The number of amides is 1. The standard InChI is InChI=1S/C20H28ClN3O5S/c1-6-15-11-19(25)17(12-22(2)3)18(13-29-20(26)23(4)5)24(15)30(27,28)16-9-7-14(21)8-10-16/h7-10,12,15,18H,6,11,13H2,1-5H3. The van der Waals surface area contributed by atoms with E-state index in [4.69, 9.17) is 16.3 Å². The molecule has 1 amide bonds. The minimum absolute atomic E-state index is 0.0567. The van der Waals surface area contributed by atoms with Gasteiger partial charge in [0, 0.05) is 57.4 Å². The van der Waals surface area contributed by atoms with E-state index in [0.29, 0.717) is 11.4 Å². The summed E-state index contributed by atoms with van der Waals surface area (Å²) in [6, 6.07) is 4.37. The van der Waals surface area contributed by atoms with Crippen LogP contribution in [0.1, 0.15) is 19.8 Å². The number of hydrogen-bond donors (Lipinski definition) is 0. The Morgan fingerprint density at radius 1 is 1.23 bits per heavy atom. The van der Waals surface area contributed by atoms with Crippen LogP contribution in [0.5, 0.6) is 0 Å². The summed E-state index contributed by atoms with van der Waals surface area (Å²) in [4.78, 5) is 27.9. The summed E-state index contributed by atoms with van der Waals surface area (Å²) in [6.07, 6.45) is 1.47. The van der Waals surface area contributed by atoms with Crippen molar-refractivity contribution in [3.8, 4) is 0 Å². The van der Waals surface area contributed by atoms with Crippen molar-refractivity contribution in [2.45, 2.75) is 36.7 Å². The number of ether oxygens (including phenoxy) is 1. The molecule has 10 heteroatoms. The quantitative estimate of drug-likeness (QED) is 0.610. The maximum absolute atomic E-state index is 13.6. The van der Waals surface area contributed by atoms with Crippen molar-refractivity contribution in [2.75, 3.05) is 34.8 Å². The SMILES string of the molecule is CCC1CC(=O)C(=CN(C)C)C(COC(=O)N(C)C)N1S(=O)(=O)c1ccc(Cl)cc1. The van der Waals surface area contributed by atoms with E-state index in [1.165, 1.54) is 47.6 Å². The third-order valence-corrected chi connectivity index (χ3v) is 6.98. The highest BCUT2D eigenvalue weighted by atomic mass is 35.5. The number of benzene rings is 1. The number of hydrogen-bond acceptors (Lipinski definition) is 6. The molecule has 2 unspecified atom stereocenters. The molecule has 166 valence electrons. The molecule has 2 rings (SSSR count). The minimum Gasteiger partial charge on any atom is -0.447 e. The van der Waals surface area contributed by atoms with Gasteiger partial charge in [0.25, 0.3) is 0 Å². The lowest BCUT2D eigenvalue weighted by Crippen LogP contribution is -2.55. The third kappa shape index (κ3) is 5.33. The number of rotatable bonds is 6. The zero-order chi connectivity index (χ0) is 22.6. The average molecular weight is 458 g/mol. The van der Waals surface area contributed by atoms with Gasteiger partial charge in [0.05, 0.1) is 10.9 Å². The first-order valence-corrected chi connectivity index (χ1v) is 11.3. The van der Waals surface area contributed by atoms with Crippen molar-refractivity contribution in [1.82, 2.24) is 14.1 Å². The molecular formula is C20H28ClN3O5S. The zero-order valence-electron chi connectivity index (χ0n) is 17.8. The average Bonchev–Trinajstić information content (AvgIpc) is 2.67. The number of carbonyl (C=O) groups excluding carboxylic acids is 2. The molecule has 8 nitrogen and oxygen atoms in total. The van der Waals surface area contributed by atoms with Gasteiger partial charge in [0.2, 0.25) is 10.0 Å². The molecule has 0 spiro atoms. The smallest absolute Gasteiger partial charge is 0.409 e. The molecule has 0 aromatic heterocycles. The van der Waals surface area contributed by atoms with Crippen LogP contribution in [0.2, 0.25) is 5.02 Å². The topological polar surface area (TPSA) is 87.2 Å². The predicted molar refractivity (Wildman–Crippen MR) is 115 cm³/mol. The lowest BCUT2D eigenvalue weighted by molar-refractivity contribution is -0.119. The van der Waals surface area contributed by atoms with Crippen LogP contribution in [-0.2, 0) is 19.6 Å². The summed E-state index contributed by atoms with van der Waals surface area (Å²) in [5.41, 5.74) is 0.286. The zero-order valence-corrected chi connectivity index (χ0v) is 19.4. The molecular weight excluding hydrogens is 430 g/mol. The maximum Gasteiger partial charge on any atom is 0.409 e. The summed E-state index contributed by atoms with van der Waals surface area (Å²) in [5.74, 6) is -0.163. The van der Waals surface area contributed by atoms with Gasteiger partial charge >= 0.3 is 6.09 Å². The lowest BCUT2D eigenvalue weighted by atomic mass is 9.91. The largest absolute Gasteiger partial charge is 0.447 e. The molecule has 0 bridgehead atoms. The van der Waals surface area contributed by atoms with E-state index in [0.717, 1.165) is 0 Å². The minimum atomic E-state index is -3.99. The molecule has 0 saturated carbocycles. The van der Waals surface area contributed by atoms with Gasteiger partial charge in [-0.2, -0.15) is 4.31 Å². The van der Waals surface area contributed by atoms with Gasteiger partial charge in [-0.25, -0.2) is 13.2 Å². The molecule has 1 aromatic rings. The highest BCUT2D eigenvalue weighted by Gasteiger charge is 2.45. The van der Waals surface area contributed by atoms with Crippen LogP contribution < -0.4 is 0 Å². The second-order valence-corrected chi connectivity index (χ2v) is 9.79. The van der Waals surface area contributed by atoms with E-state index in [1.807, 2.05) is 6.92 Å².